The Kier molecular flexibility index (Phi) is 4.84. The number of fused-ring (bicyclic) bond motifs is 2. The van der Waals surface area contributed by atoms with E-state index >= 15 is 0 Å². The summed E-state index contributed by atoms with van der Waals surface area (Å²) in [5.41, 5.74) is 0.209. The van der Waals surface area contributed by atoms with Gasteiger partial charge in [-0.15, -0.1) is 0 Å². The average Bonchev–Trinajstić information content (AvgIpc) is 3.51. The predicted octanol–water partition coefficient (Wildman–Crippen LogP) is 5.25. The third-order valence-corrected chi connectivity index (χ3v) is 6.99. The number of amides is 1. The van der Waals surface area contributed by atoms with Crippen LogP contribution in [0, 0.1) is 11.7 Å². The Bertz CT molecular complexity index is 1010. The first-order valence-corrected chi connectivity index (χ1v) is 10.8. The Morgan fingerprint density at radius 3 is 2.48 bits per heavy atom. The number of hydrogen-bond acceptors (Lipinski definition) is 2. The Morgan fingerprint density at radius 2 is 1.81 bits per heavy atom. The van der Waals surface area contributed by atoms with Gasteiger partial charge in [-0.05, 0) is 86.7 Å². The number of piperidine rings is 1. The molecule has 2 aromatic rings. The molecule has 5 rings (SSSR count). The van der Waals surface area contributed by atoms with Crippen LogP contribution in [0.1, 0.15) is 47.2 Å². The highest BCUT2D eigenvalue weighted by molar-refractivity contribution is 6.07. The number of carbonyl (C=O) groups is 1. The second-order valence-electron chi connectivity index (χ2n) is 9.16. The van der Waals surface area contributed by atoms with Crippen molar-refractivity contribution in [3.05, 3.63) is 65.0 Å². The summed E-state index contributed by atoms with van der Waals surface area (Å²) in [6, 6.07) is 8.92. The van der Waals surface area contributed by atoms with Gasteiger partial charge in [-0.25, -0.2) is 4.39 Å². The monoisotopic (exact) mass is 432 g/mol. The summed E-state index contributed by atoms with van der Waals surface area (Å²) < 4.78 is 53.6. The first kappa shape index (κ1) is 20.5. The highest BCUT2D eigenvalue weighted by Crippen LogP contribution is 2.48. The molecule has 2 heterocycles. The van der Waals surface area contributed by atoms with E-state index in [4.69, 9.17) is 0 Å². The molecule has 0 atom stereocenters. The second-order valence-corrected chi connectivity index (χ2v) is 9.16. The van der Waals surface area contributed by atoms with Gasteiger partial charge in [-0.1, -0.05) is 6.07 Å². The number of anilines is 1. The standard InChI is InChI=1S/C24H24F4N2O/c25-19-6-7-21-20(13-19)23(8-10-29(11-9-23)14-16-4-5-16)15-30(21)22(31)17-2-1-3-18(12-17)24(26,27)28/h1-3,6-7,12-13,16H,4-5,8-11,14-15H2. The van der Waals surface area contributed by atoms with E-state index in [0.29, 0.717) is 12.2 Å². The SMILES string of the molecule is O=C(c1cccc(C(F)(F)F)c1)N1CC2(CCN(CC3CC3)CC2)c2cc(F)ccc21. The van der Waals surface area contributed by atoms with Crippen molar-refractivity contribution in [3.63, 3.8) is 0 Å². The first-order valence-electron chi connectivity index (χ1n) is 10.8. The van der Waals surface area contributed by atoms with Gasteiger partial charge in [0.2, 0.25) is 0 Å². The Balaban J connectivity index is 1.44. The van der Waals surface area contributed by atoms with Gasteiger partial charge in [0.15, 0.2) is 0 Å². The number of rotatable bonds is 3. The molecule has 0 unspecified atom stereocenters. The predicted molar refractivity (Wildman–Crippen MR) is 110 cm³/mol. The fourth-order valence-electron chi connectivity index (χ4n) is 5.06. The van der Waals surface area contributed by atoms with Gasteiger partial charge in [0.1, 0.15) is 5.82 Å². The summed E-state index contributed by atoms with van der Waals surface area (Å²) in [7, 11) is 0. The fraction of sp³-hybridized carbons (Fsp3) is 0.458. The summed E-state index contributed by atoms with van der Waals surface area (Å²) in [6.45, 7) is 3.24. The Labute approximate surface area is 178 Å². The van der Waals surface area contributed by atoms with Crippen molar-refractivity contribution in [1.82, 2.24) is 4.90 Å². The molecule has 2 aliphatic heterocycles. The van der Waals surface area contributed by atoms with Crippen molar-refractivity contribution in [3.8, 4) is 0 Å². The van der Waals surface area contributed by atoms with Crippen molar-refractivity contribution in [1.29, 1.82) is 0 Å². The number of alkyl halides is 3. The Morgan fingerprint density at radius 1 is 1.06 bits per heavy atom. The molecule has 7 heteroatoms. The maximum absolute atomic E-state index is 14.2. The fourth-order valence-corrected chi connectivity index (χ4v) is 5.06. The van der Waals surface area contributed by atoms with Crippen molar-refractivity contribution in [2.75, 3.05) is 31.1 Å². The summed E-state index contributed by atoms with van der Waals surface area (Å²) in [4.78, 5) is 17.3. The smallest absolute Gasteiger partial charge is 0.307 e. The summed E-state index contributed by atoms with van der Waals surface area (Å²) in [5, 5.41) is 0. The average molecular weight is 432 g/mol. The van der Waals surface area contributed by atoms with E-state index in [1.165, 1.54) is 37.1 Å². The van der Waals surface area contributed by atoms with Gasteiger partial charge in [-0.3, -0.25) is 4.79 Å². The van der Waals surface area contributed by atoms with Crippen LogP contribution in [0.3, 0.4) is 0 Å². The lowest BCUT2D eigenvalue weighted by atomic mass is 9.74. The highest BCUT2D eigenvalue weighted by atomic mass is 19.4. The lowest BCUT2D eigenvalue weighted by Gasteiger charge is -2.40. The first-order chi connectivity index (χ1) is 14.7. The molecule has 0 bridgehead atoms. The number of carbonyl (C=O) groups excluding carboxylic acids is 1. The molecule has 3 nitrogen and oxygen atoms in total. The van der Waals surface area contributed by atoms with Crippen LogP contribution in [0.15, 0.2) is 42.5 Å². The van der Waals surface area contributed by atoms with E-state index < -0.39 is 17.6 Å². The van der Waals surface area contributed by atoms with Crippen LogP contribution in [0.2, 0.25) is 0 Å². The maximum atomic E-state index is 14.2. The lowest BCUT2D eigenvalue weighted by molar-refractivity contribution is -0.137. The third-order valence-electron chi connectivity index (χ3n) is 6.99. The molecular weight excluding hydrogens is 408 g/mol. The van der Waals surface area contributed by atoms with Gasteiger partial charge in [0.05, 0.1) is 5.56 Å². The van der Waals surface area contributed by atoms with Crippen LogP contribution in [0.4, 0.5) is 23.2 Å². The third kappa shape index (κ3) is 3.84. The van der Waals surface area contributed by atoms with E-state index in [9.17, 15) is 22.4 Å². The molecule has 164 valence electrons. The number of benzene rings is 2. The molecule has 2 fully saturated rings. The van der Waals surface area contributed by atoms with Crippen molar-refractivity contribution in [2.45, 2.75) is 37.3 Å². The van der Waals surface area contributed by atoms with Crippen LogP contribution < -0.4 is 4.90 Å². The summed E-state index contributed by atoms with van der Waals surface area (Å²) in [5.74, 6) is -0.0375. The molecule has 1 saturated heterocycles. The van der Waals surface area contributed by atoms with Crippen LogP contribution in [0.5, 0.6) is 0 Å². The van der Waals surface area contributed by atoms with E-state index in [1.54, 1.807) is 11.0 Å². The quantitative estimate of drug-likeness (QED) is 0.619. The van der Waals surface area contributed by atoms with Crippen LogP contribution in [-0.4, -0.2) is 37.0 Å². The minimum Gasteiger partial charge on any atom is -0.307 e. The van der Waals surface area contributed by atoms with Gasteiger partial charge < -0.3 is 9.80 Å². The molecule has 1 spiro atoms. The number of halogens is 4. The second kappa shape index (κ2) is 7.33. The molecule has 1 amide bonds. The van der Waals surface area contributed by atoms with Crippen LogP contribution >= 0.6 is 0 Å². The molecule has 0 N–H and O–H groups in total. The highest BCUT2D eigenvalue weighted by Gasteiger charge is 2.47. The molecule has 0 aromatic heterocycles. The van der Waals surface area contributed by atoms with Gasteiger partial charge in [-0.2, -0.15) is 13.2 Å². The largest absolute Gasteiger partial charge is 0.416 e. The van der Waals surface area contributed by atoms with E-state index in [-0.39, 0.29) is 16.8 Å². The Hall–Kier alpha value is -2.41. The van der Waals surface area contributed by atoms with Crippen LogP contribution in [0.25, 0.3) is 0 Å². The van der Waals surface area contributed by atoms with E-state index in [1.807, 2.05) is 0 Å². The van der Waals surface area contributed by atoms with E-state index in [2.05, 4.69) is 4.90 Å². The van der Waals surface area contributed by atoms with Gasteiger partial charge >= 0.3 is 6.18 Å². The van der Waals surface area contributed by atoms with Crippen molar-refractivity contribution in [2.24, 2.45) is 5.92 Å². The number of hydrogen-bond donors (Lipinski definition) is 0. The lowest BCUT2D eigenvalue weighted by Crippen LogP contribution is -2.46. The molecule has 2 aromatic carbocycles. The van der Waals surface area contributed by atoms with Crippen LogP contribution in [-0.2, 0) is 11.6 Å². The topological polar surface area (TPSA) is 23.6 Å². The summed E-state index contributed by atoms with van der Waals surface area (Å²) >= 11 is 0. The molecular formula is C24H24F4N2O. The minimum atomic E-state index is -4.52. The number of likely N-dealkylation sites (tertiary alicyclic amines) is 1. The molecule has 31 heavy (non-hydrogen) atoms. The molecule has 3 aliphatic rings. The van der Waals surface area contributed by atoms with Crippen molar-refractivity contribution < 1.29 is 22.4 Å². The van der Waals surface area contributed by atoms with Gasteiger partial charge in [0, 0.05) is 29.8 Å². The summed E-state index contributed by atoms with van der Waals surface area (Å²) in [6.07, 6.45) is -0.326. The zero-order valence-corrected chi connectivity index (χ0v) is 17.1. The number of nitrogens with zero attached hydrogens (tertiary/aromatic N) is 2. The zero-order valence-electron chi connectivity index (χ0n) is 17.1. The molecule has 0 radical (unpaired) electrons. The molecule has 1 aliphatic carbocycles. The van der Waals surface area contributed by atoms with Gasteiger partial charge in [0.25, 0.3) is 5.91 Å². The normalized spacial score (nSPS) is 20.8. The zero-order chi connectivity index (χ0) is 21.8. The molecule has 1 saturated carbocycles. The van der Waals surface area contributed by atoms with Crippen molar-refractivity contribution >= 4 is 11.6 Å². The minimum absolute atomic E-state index is 0.00619. The maximum Gasteiger partial charge on any atom is 0.416 e. The van der Waals surface area contributed by atoms with E-state index in [0.717, 1.165) is 56.1 Å².